The lowest BCUT2D eigenvalue weighted by atomic mass is 10.1. The van der Waals surface area contributed by atoms with Crippen LogP contribution < -0.4 is 11.1 Å². The van der Waals surface area contributed by atoms with Gasteiger partial charge in [-0.25, -0.2) is 4.39 Å². The fourth-order valence-electron chi connectivity index (χ4n) is 1.50. The van der Waals surface area contributed by atoms with Gasteiger partial charge in [-0.15, -0.1) is 0 Å². The molecule has 0 fully saturated rings. The third-order valence-corrected chi connectivity index (χ3v) is 3.18. The molecule has 0 spiro atoms. The maximum absolute atomic E-state index is 13.1. The lowest BCUT2D eigenvalue weighted by Gasteiger charge is -2.08. The number of halogens is 3. The average molecular weight is 299 g/mol. The van der Waals surface area contributed by atoms with Crippen LogP contribution in [0.3, 0.4) is 0 Å². The van der Waals surface area contributed by atoms with Crippen molar-refractivity contribution in [3.05, 3.63) is 57.8 Å². The number of nitrogens with two attached hydrogens (primary N) is 1. The molecule has 0 aliphatic heterocycles. The number of nitrogens with one attached hydrogen (secondary N) is 1. The molecule has 98 valence electrons. The monoisotopic (exact) mass is 298 g/mol. The first kappa shape index (κ1) is 13.6. The van der Waals surface area contributed by atoms with Crippen molar-refractivity contribution in [1.29, 1.82) is 0 Å². The standard InChI is InChI=1S/C13H9Cl2FN2O/c14-10-3-2-8(6-11(10)15)18-13(19)9-5-7(16)1-4-12(9)17/h1-6H,17H2,(H,18,19). The van der Waals surface area contributed by atoms with E-state index in [1.807, 2.05) is 0 Å². The number of hydrogen-bond acceptors (Lipinski definition) is 2. The zero-order valence-corrected chi connectivity index (χ0v) is 11.1. The van der Waals surface area contributed by atoms with Gasteiger partial charge in [0.25, 0.3) is 5.91 Å². The number of hydrogen-bond donors (Lipinski definition) is 2. The maximum atomic E-state index is 13.1. The van der Waals surface area contributed by atoms with E-state index in [0.717, 1.165) is 6.07 Å². The number of rotatable bonds is 2. The Labute approximate surface area is 119 Å². The lowest BCUT2D eigenvalue weighted by Crippen LogP contribution is -2.14. The molecule has 0 heterocycles. The molecule has 2 aromatic carbocycles. The molecule has 2 rings (SSSR count). The van der Waals surface area contributed by atoms with Crippen LogP contribution in [0.5, 0.6) is 0 Å². The number of amides is 1. The smallest absolute Gasteiger partial charge is 0.257 e. The fraction of sp³-hybridized carbons (Fsp3) is 0. The van der Waals surface area contributed by atoms with Crippen molar-refractivity contribution in [2.24, 2.45) is 0 Å². The van der Waals surface area contributed by atoms with Crippen LogP contribution in [0, 0.1) is 5.82 Å². The first-order valence-corrected chi connectivity index (χ1v) is 6.04. The second-order valence-electron chi connectivity index (χ2n) is 3.81. The number of anilines is 2. The molecule has 0 bridgehead atoms. The Hall–Kier alpha value is -1.78. The van der Waals surface area contributed by atoms with Crippen molar-refractivity contribution < 1.29 is 9.18 Å². The summed E-state index contributed by atoms with van der Waals surface area (Å²) >= 11 is 11.6. The lowest BCUT2D eigenvalue weighted by molar-refractivity contribution is 0.102. The van der Waals surface area contributed by atoms with Crippen molar-refractivity contribution in [3.8, 4) is 0 Å². The zero-order valence-electron chi connectivity index (χ0n) is 9.58. The molecular formula is C13H9Cl2FN2O. The van der Waals surface area contributed by atoms with Crippen LogP contribution in [0.4, 0.5) is 15.8 Å². The van der Waals surface area contributed by atoms with Gasteiger partial charge in [-0.2, -0.15) is 0 Å². The molecule has 0 atom stereocenters. The van der Waals surface area contributed by atoms with Gasteiger partial charge in [-0.05, 0) is 36.4 Å². The summed E-state index contributed by atoms with van der Waals surface area (Å²) in [7, 11) is 0. The predicted molar refractivity (Wildman–Crippen MR) is 75.2 cm³/mol. The molecule has 0 saturated carbocycles. The van der Waals surface area contributed by atoms with E-state index in [1.165, 1.54) is 18.2 Å². The second-order valence-corrected chi connectivity index (χ2v) is 4.63. The molecule has 0 saturated heterocycles. The maximum Gasteiger partial charge on any atom is 0.257 e. The molecule has 0 aliphatic rings. The summed E-state index contributed by atoms with van der Waals surface area (Å²) in [6, 6.07) is 8.22. The topological polar surface area (TPSA) is 55.1 Å². The molecule has 1 amide bonds. The first-order valence-electron chi connectivity index (χ1n) is 5.29. The minimum Gasteiger partial charge on any atom is -0.398 e. The van der Waals surface area contributed by atoms with Crippen LogP contribution in [-0.2, 0) is 0 Å². The Morgan fingerprint density at radius 3 is 2.53 bits per heavy atom. The number of carbonyl (C=O) groups excluding carboxylic acids is 1. The van der Waals surface area contributed by atoms with Crippen LogP contribution in [0.25, 0.3) is 0 Å². The van der Waals surface area contributed by atoms with Gasteiger partial charge < -0.3 is 11.1 Å². The SMILES string of the molecule is Nc1ccc(F)cc1C(=O)Nc1ccc(Cl)c(Cl)c1. The first-order chi connectivity index (χ1) is 8.97. The van der Waals surface area contributed by atoms with Gasteiger partial charge in [-0.3, -0.25) is 4.79 Å². The van der Waals surface area contributed by atoms with E-state index in [-0.39, 0.29) is 11.3 Å². The highest BCUT2D eigenvalue weighted by Crippen LogP contribution is 2.25. The average Bonchev–Trinajstić information content (AvgIpc) is 2.36. The van der Waals surface area contributed by atoms with E-state index < -0.39 is 11.7 Å². The van der Waals surface area contributed by atoms with Crippen LogP contribution in [-0.4, -0.2) is 5.91 Å². The second kappa shape index (κ2) is 5.47. The van der Waals surface area contributed by atoms with Crippen molar-refractivity contribution in [1.82, 2.24) is 0 Å². The summed E-state index contributed by atoms with van der Waals surface area (Å²) in [4.78, 5) is 11.9. The highest BCUT2D eigenvalue weighted by atomic mass is 35.5. The summed E-state index contributed by atoms with van der Waals surface area (Å²) in [5.41, 5.74) is 6.33. The Bertz CT molecular complexity index is 647. The minimum absolute atomic E-state index is 0.0612. The van der Waals surface area contributed by atoms with Gasteiger partial charge in [-0.1, -0.05) is 23.2 Å². The van der Waals surface area contributed by atoms with Crippen molar-refractivity contribution >= 4 is 40.5 Å². The summed E-state index contributed by atoms with van der Waals surface area (Å²) in [5.74, 6) is -1.05. The fourth-order valence-corrected chi connectivity index (χ4v) is 1.80. The normalized spacial score (nSPS) is 10.3. The minimum atomic E-state index is -0.534. The van der Waals surface area contributed by atoms with Gasteiger partial charge >= 0.3 is 0 Å². The summed E-state index contributed by atoms with van der Waals surface area (Å²) in [6.45, 7) is 0. The highest BCUT2D eigenvalue weighted by molar-refractivity contribution is 6.42. The number of benzene rings is 2. The van der Waals surface area contributed by atoms with Gasteiger partial charge in [0.2, 0.25) is 0 Å². The third-order valence-electron chi connectivity index (χ3n) is 2.44. The van der Waals surface area contributed by atoms with Gasteiger partial charge in [0.15, 0.2) is 0 Å². The Kier molecular flexibility index (Phi) is 3.93. The van der Waals surface area contributed by atoms with E-state index in [1.54, 1.807) is 12.1 Å². The molecule has 3 N–H and O–H groups in total. The van der Waals surface area contributed by atoms with E-state index in [0.29, 0.717) is 15.7 Å². The highest BCUT2D eigenvalue weighted by Gasteiger charge is 2.11. The summed E-state index contributed by atoms with van der Waals surface area (Å²) in [5, 5.41) is 3.26. The Morgan fingerprint density at radius 1 is 1.11 bits per heavy atom. The van der Waals surface area contributed by atoms with E-state index in [2.05, 4.69) is 5.32 Å². The molecular weight excluding hydrogens is 290 g/mol. The van der Waals surface area contributed by atoms with Crippen LogP contribution >= 0.6 is 23.2 Å². The molecule has 0 unspecified atom stereocenters. The summed E-state index contributed by atoms with van der Waals surface area (Å²) < 4.78 is 13.1. The molecule has 0 aromatic heterocycles. The zero-order chi connectivity index (χ0) is 14.0. The van der Waals surface area contributed by atoms with E-state index in [4.69, 9.17) is 28.9 Å². The summed E-state index contributed by atoms with van der Waals surface area (Å²) in [6.07, 6.45) is 0. The molecule has 19 heavy (non-hydrogen) atoms. The van der Waals surface area contributed by atoms with E-state index >= 15 is 0 Å². The van der Waals surface area contributed by atoms with Crippen LogP contribution in [0.2, 0.25) is 10.0 Å². The van der Waals surface area contributed by atoms with Crippen molar-refractivity contribution in [2.75, 3.05) is 11.1 Å². The van der Waals surface area contributed by atoms with Crippen LogP contribution in [0.1, 0.15) is 10.4 Å². The molecule has 0 aliphatic carbocycles. The van der Waals surface area contributed by atoms with Gasteiger partial charge in [0, 0.05) is 11.4 Å². The van der Waals surface area contributed by atoms with Gasteiger partial charge in [0.1, 0.15) is 5.82 Å². The third kappa shape index (κ3) is 3.16. The van der Waals surface area contributed by atoms with E-state index in [9.17, 15) is 9.18 Å². The Morgan fingerprint density at radius 2 is 1.84 bits per heavy atom. The molecule has 3 nitrogen and oxygen atoms in total. The Balaban J connectivity index is 2.25. The predicted octanol–water partition coefficient (Wildman–Crippen LogP) is 3.97. The number of nitrogen functional groups attached to an aromatic ring is 1. The van der Waals surface area contributed by atoms with Gasteiger partial charge in [0.05, 0.1) is 15.6 Å². The molecule has 6 heteroatoms. The quantitative estimate of drug-likeness (QED) is 0.824. The molecule has 0 radical (unpaired) electrons. The van der Waals surface area contributed by atoms with Crippen LogP contribution in [0.15, 0.2) is 36.4 Å². The molecule has 2 aromatic rings. The van der Waals surface area contributed by atoms with Crippen molar-refractivity contribution in [3.63, 3.8) is 0 Å². The van der Waals surface area contributed by atoms with Crippen molar-refractivity contribution in [2.45, 2.75) is 0 Å². The largest absolute Gasteiger partial charge is 0.398 e. The number of carbonyl (C=O) groups is 1.